The van der Waals surface area contributed by atoms with Crippen LogP contribution in [0.4, 0.5) is 0 Å². The number of unbranched alkanes of at least 4 members (excludes halogenated alkanes) is 54. The van der Waals surface area contributed by atoms with Gasteiger partial charge in [0.2, 0.25) is 0 Å². The molecule has 1 unspecified atom stereocenters. The van der Waals surface area contributed by atoms with E-state index in [2.05, 4.69) is 45.1 Å². The lowest BCUT2D eigenvalue weighted by Gasteiger charge is -2.18. The van der Waals surface area contributed by atoms with Crippen molar-refractivity contribution in [1.82, 2.24) is 0 Å². The zero-order valence-electron chi connectivity index (χ0n) is 55.1. The van der Waals surface area contributed by atoms with Crippen molar-refractivity contribution in [3.05, 3.63) is 24.3 Å². The summed E-state index contributed by atoms with van der Waals surface area (Å²) in [5.74, 6) is -0.847. The Morgan fingerprint density at radius 3 is 0.704 bits per heavy atom. The number of hydrogen-bond donors (Lipinski definition) is 0. The lowest BCUT2D eigenvalue weighted by atomic mass is 10.0. The van der Waals surface area contributed by atoms with Gasteiger partial charge in [-0.1, -0.05) is 373 Å². The zero-order chi connectivity index (χ0) is 58.5. The van der Waals surface area contributed by atoms with Crippen molar-refractivity contribution in [2.75, 3.05) is 13.2 Å². The molecule has 6 nitrogen and oxygen atoms in total. The highest BCUT2D eigenvalue weighted by Gasteiger charge is 2.20. The van der Waals surface area contributed by atoms with Crippen molar-refractivity contribution >= 4 is 17.9 Å². The number of hydrogen-bond acceptors (Lipinski definition) is 6. The average Bonchev–Trinajstić information content (AvgIpc) is 3.47. The summed E-state index contributed by atoms with van der Waals surface area (Å²) in [5, 5.41) is 0. The summed E-state index contributed by atoms with van der Waals surface area (Å²) >= 11 is 0. The molecule has 0 radical (unpaired) electrons. The molecule has 1 atom stereocenters. The third-order valence-electron chi connectivity index (χ3n) is 17.0. The standard InChI is InChI=1S/C75H142O6/c1-4-7-10-13-16-19-22-25-27-29-30-31-32-33-34-35-36-37-38-39-40-41-42-43-44-45-47-48-50-53-56-59-62-65-68-74(77)80-71-72(70-79-73(76)67-64-61-58-55-52-24-21-18-15-12-9-6-3)81-75(78)69-66-63-60-57-54-51-49-46-28-26-23-20-17-14-11-8-5-2/h17,20,26,28,72H,4-16,18-19,21-25,27,29-71H2,1-3H3/b20-17-,28-26-. The minimum atomic E-state index is -0.772. The van der Waals surface area contributed by atoms with Gasteiger partial charge in [0.15, 0.2) is 6.10 Å². The maximum Gasteiger partial charge on any atom is 0.306 e. The van der Waals surface area contributed by atoms with Crippen LogP contribution in [-0.2, 0) is 28.6 Å². The summed E-state index contributed by atoms with van der Waals surface area (Å²) in [4.78, 5) is 38.4. The Kier molecular flexibility index (Phi) is 68.5. The molecule has 478 valence electrons. The first-order chi connectivity index (χ1) is 40.0. The Morgan fingerprint density at radius 1 is 0.247 bits per heavy atom. The van der Waals surface area contributed by atoms with E-state index >= 15 is 0 Å². The molecule has 0 bridgehead atoms. The van der Waals surface area contributed by atoms with Gasteiger partial charge in [0.25, 0.3) is 0 Å². The molecule has 0 aliphatic rings. The topological polar surface area (TPSA) is 78.9 Å². The van der Waals surface area contributed by atoms with Crippen molar-refractivity contribution in [2.45, 2.75) is 425 Å². The lowest BCUT2D eigenvalue weighted by molar-refractivity contribution is -0.167. The molecule has 0 amide bonds. The van der Waals surface area contributed by atoms with E-state index < -0.39 is 6.10 Å². The number of allylic oxidation sites excluding steroid dienone is 4. The van der Waals surface area contributed by atoms with Gasteiger partial charge in [0.05, 0.1) is 0 Å². The molecule has 0 aliphatic carbocycles. The Morgan fingerprint density at radius 2 is 0.444 bits per heavy atom. The van der Waals surface area contributed by atoms with Gasteiger partial charge in [-0.2, -0.15) is 0 Å². The molecule has 0 spiro atoms. The van der Waals surface area contributed by atoms with Crippen LogP contribution in [-0.4, -0.2) is 37.2 Å². The smallest absolute Gasteiger partial charge is 0.306 e. The predicted molar refractivity (Wildman–Crippen MR) is 353 cm³/mol. The summed E-state index contributed by atoms with van der Waals surface area (Å²) in [5.41, 5.74) is 0. The second-order valence-corrected chi connectivity index (χ2v) is 25.2. The van der Waals surface area contributed by atoms with E-state index in [1.54, 1.807) is 0 Å². The largest absolute Gasteiger partial charge is 0.462 e. The highest BCUT2D eigenvalue weighted by atomic mass is 16.6. The molecular formula is C75H142O6. The predicted octanol–water partition coefficient (Wildman–Crippen LogP) is 25.3. The third-order valence-corrected chi connectivity index (χ3v) is 17.0. The van der Waals surface area contributed by atoms with Crippen LogP contribution in [0.25, 0.3) is 0 Å². The van der Waals surface area contributed by atoms with Gasteiger partial charge in [-0.3, -0.25) is 14.4 Å². The van der Waals surface area contributed by atoms with E-state index in [0.29, 0.717) is 19.3 Å². The zero-order valence-corrected chi connectivity index (χ0v) is 55.1. The number of esters is 3. The molecule has 0 saturated carbocycles. The third kappa shape index (κ3) is 68.6. The maximum atomic E-state index is 12.9. The molecule has 0 rings (SSSR count). The Balaban J connectivity index is 4.05. The maximum absolute atomic E-state index is 12.9. The lowest BCUT2D eigenvalue weighted by Crippen LogP contribution is -2.30. The first-order valence-corrected chi connectivity index (χ1v) is 36.8. The minimum Gasteiger partial charge on any atom is -0.462 e. The highest BCUT2D eigenvalue weighted by molar-refractivity contribution is 5.71. The average molecular weight is 1140 g/mol. The summed E-state index contributed by atoms with van der Waals surface area (Å²) in [6.07, 6.45) is 86.7. The van der Waals surface area contributed by atoms with E-state index in [4.69, 9.17) is 14.2 Å². The molecule has 0 aliphatic heterocycles. The molecule has 0 saturated heterocycles. The van der Waals surface area contributed by atoms with Crippen molar-refractivity contribution in [2.24, 2.45) is 0 Å². The normalized spacial score (nSPS) is 12.1. The van der Waals surface area contributed by atoms with Crippen LogP contribution >= 0.6 is 0 Å². The van der Waals surface area contributed by atoms with E-state index in [0.717, 1.165) is 70.6 Å². The first kappa shape index (κ1) is 78.9. The summed E-state index contributed by atoms with van der Waals surface area (Å²) < 4.78 is 17.0. The van der Waals surface area contributed by atoms with Gasteiger partial charge in [-0.05, 0) is 51.4 Å². The van der Waals surface area contributed by atoms with Gasteiger partial charge in [0.1, 0.15) is 13.2 Å². The molecule has 0 fully saturated rings. The quantitative estimate of drug-likeness (QED) is 0.0261. The van der Waals surface area contributed by atoms with Crippen LogP contribution in [0.1, 0.15) is 419 Å². The van der Waals surface area contributed by atoms with Gasteiger partial charge in [0, 0.05) is 19.3 Å². The van der Waals surface area contributed by atoms with Crippen molar-refractivity contribution < 1.29 is 28.6 Å². The SMILES string of the molecule is CCCCC/C=C\C/C=C\CCCCCCCCCC(=O)OC(COC(=O)CCCCCCCCCCCCCC)COC(=O)CCCCCCCCCCCCCCCCCCCCCCCCCCCCCCCCCCCC. The second-order valence-electron chi connectivity index (χ2n) is 25.2. The van der Waals surface area contributed by atoms with Crippen molar-refractivity contribution in [1.29, 1.82) is 0 Å². The molecule has 0 aromatic carbocycles. The number of carbonyl (C=O) groups excluding carboxylic acids is 3. The van der Waals surface area contributed by atoms with Gasteiger partial charge in [-0.15, -0.1) is 0 Å². The number of rotatable bonds is 69. The Bertz CT molecular complexity index is 1310. The monoisotopic (exact) mass is 1140 g/mol. The first-order valence-electron chi connectivity index (χ1n) is 36.8. The molecule has 0 aromatic heterocycles. The van der Waals surface area contributed by atoms with Crippen LogP contribution in [0, 0.1) is 0 Å². The fourth-order valence-corrected chi connectivity index (χ4v) is 11.4. The molecule has 81 heavy (non-hydrogen) atoms. The molecule has 6 heteroatoms. The van der Waals surface area contributed by atoms with E-state index in [-0.39, 0.29) is 31.1 Å². The summed E-state index contributed by atoms with van der Waals surface area (Å²) in [6.45, 7) is 6.68. The highest BCUT2D eigenvalue weighted by Crippen LogP contribution is 2.19. The fraction of sp³-hybridized carbons (Fsp3) is 0.907. The van der Waals surface area contributed by atoms with Crippen LogP contribution in [0.3, 0.4) is 0 Å². The van der Waals surface area contributed by atoms with E-state index in [1.165, 1.54) is 308 Å². The van der Waals surface area contributed by atoms with Gasteiger partial charge < -0.3 is 14.2 Å². The Hall–Kier alpha value is -2.11. The molecule has 0 heterocycles. The molecular weight excluding hydrogens is 997 g/mol. The second kappa shape index (κ2) is 70.4. The van der Waals surface area contributed by atoms with Crippen LogP contribution in [0.15, 0.2) is 24.3 Å². The Labute approximate surface area is 506 Å². The van der Waals surface area contributed by atoms with Crippen LogP contribution < -0.4 is 0 Å². The van der Waals surface area contributed by atoms with Crippen LogP contribution in [0.2, 0.25) is 0 Å². The van der Waals surface area contributed by atoms with Gasteiger partial charge in [-0.25, -0.2) is 0 Å². The molecule has 0 N–H and O–H groups in total. The molecule has 0 aromatic rings. The van der Waals surface area contributed by atoms with Crippen molar-refractivity contribution in [3.8, 4) is 0 Å². The van der Waals surface area contributed by atoms with Crippen LogP contribution in [0.5, 0.6) is 0 Å². The van der Waals surface area contributed by atoms with Crippen molar-refractivity contribution in [3.63, 3.8) is 0 Å². The summed E-state index contributed by atoms with van der Waals surface area (Å²) in [7, 11) is 0. The minimum absolute atomic E-state index is 0.0684. The van der Waals surface area contributed by atoms with E-state index in [9.17, 15) is 14.4 Å². The fourth-order valence-electron chi connectivity index (χ4n) is 11.4. The van der Waals surface area contributed by atoms with E-state index in [1.807, 2.05) is 0 Å². The number of ether oxygens (including phenoxy) is 3. The summed E-state index contributed by atoms with van der Waals surface area (Å²) in [6, 6.07) is 0. The number of carbonyl (C=O) groups is 3. The van der Waals surface area contributed by atoms with Gasteiger partial charge >= 0.3 is 17.9 Å².